The molecule has 0 aromatic heterocycles. The summed E-state index contributed by atoms with van der Waals surface area (Å²) in [6.45, 7) is 2.40. The molecule has 0 saturated carbocycles. The Hall–Kier alpha value is -0.850. The van der Waals surface area contributed by atoms with E-state index < -0.39 is 18.3 Å². The van der Waals surface area contributed by atoms with Gasteiger partial charge in [-0.3, -0.25) is 0 Å². The minimum Gasteiger partial charge on any atom is -0.475 e. The smallest absolute Gasteiger partial charge is 0.475 e. The highest BCUT2D eigenvalue weighted by Gasteiger charge is 2.38. The molecule has 1 fully saturated rings. The highest BCUT2D eigenvalue weighted by molar-refractivity contribution is 5.73. The van der Waals surface area contributed by atoms with Crippen LogP contribution in [-0.2, 0) is 4.79 Å². The fraction of sp³-hybridized carbons (Fsp3) is 0.833. The van der Waals surface area contributed by atoms with E-state index in [-0.39, 0.29) is 6.04 Å². The van der Waals surface area contributed by atoms with Crippen LogP contribution in [0.25, 0.3) is 0 Å². The Balaban J connectivity index is 0.000000223. The SMILES string of the molecule is C[C@@H]1NC[C@@H]1F.O=C(O)C(F)(F)F. The van der Waals surface area contributed by atoms with Gasteiger partial charge in [0.2, 0.25) is 0 Å². The van der Waals surface area contributed by atoms with E-state index >= 15 is 0 Å². The van der Waals surface area contributed by atoms with E-state index in [1.807, 2.05) is 6.92 Å². The summed E-state index contributed by atoms with van der Waals surface area (Å²) >= 11 is 0. The lowest BCUT2D eigenvalue weighted by atomic mass is 10.1. The monoisotopic (exact) mass is 203 g/mol. The first-order valence-electron chi connectivity index (χ1n) is 3.42. The lowest BCUT2D eigenvalue weighted by molar-refractivity contribution is -0.192. The zero-order valence-corrected chi connectivity index (χ0v) is 6.73. The third-order valence-electron chi connectivity index (χ3n) is 1.42. The van der Waals surface area contributed by atoms with Crippen molar-refractivity contribution < 1.29 is 27.5 Å². The van der Waals surface area contributed by atoms with Crippen molar-refractivity contribution in [3.63, 3.8) is 0 Å². The topological polar surface area (TPSA) is 49.3 Å². The van der Waals surface area contributed by atoms with Gasteiger partial charge in [0, 0.05) is 12.6 Å². The Morgan fingerprint density at radius 1 is 1.54 bits per heavy atom. The van der Waals surface area contributed by atoms with Crippen molar-refractivity contribution >= 4 is 5.97 Å². The van der Waals surface area contributed by atoms with Crippen LogP contribution in [0.3, 0.4) is 0 Å². The molecule has 0 radical (unpaired) electrons. The van der Waals surface area contributed by atoms with E-state index in [1.54, 1.807) is 0 Å². The molecule has 0 aliphatic carbocycles. The molecule has 0 spiro atoms. The van der Waals surface area contributed by atoms with Crippen LogP contribution in [0.4, 0.5) is 17.6 Å². The Bertz CT molecular complexity index is 174. The van der Waals surface area contributed by atoms with Gasteiger partial charge in [-0.25, -0.2) is 9.18 Å². The maximum Gasteiger partial charge on any atom is 0.490 e. The van der Waals surface area contributed by atoms with Crippen molar-refractivity contribution in [3.8, 4) is 0 Å². The van der Waals surface area contributed by atoms with Gasteiger partial charge in [0.25, 0.3) is 0 Å². The normalized spacial score (nSPS) is 26.8. The van der Waals surface area contributed by atoms with Crippen molar-refractivity contribution in [2.24, 2.45) is 0 Å². The second-order valence-electron chi connectivity index (χ2n) is 2.52. The van der Waals surface area contributed by atoms with Crippen LogP contribution in [0.15, 0.2) is 0 Å². The standard InChI is InChI=1S/C4H8FN.C2HF3O2/c1-3-4(5)2-6-3;3-2(4,5)1(6)7/h3-4,6H,2H2,1H3;(H,6,7)/t3-,4-;/m0./s1. The number of nitrogens with one attached hydrogen (secondary N) is 1. The molecule has 2 atom stereocenters. The number of carboxylic acid groups (broad SMARTS) is 1. The van der Waals surface area contributed by atoms with Crippen LogP contribution in [0.1, 0.15) is 6.92 Å². The van der Waals surface area contributed by atoms with E-state index in [0.717, 1.165) is 0 Å². The van der Waals surface area contributed by atoms with Crippen molar-refractivity contribution in [1.82, 2.24) is 5.32 Å². The highest BCUT2D eigenvalue weighted by Crippen LogP contribution is 2.13. The van der Waals surface area contributed by atoms with E-state index in [9.17, 15) is 17.6 Å². The fourth-order valence-corrected chi connectivity index (χ4v) is 0.443. The number of aliphatic carboxylic acids is 1. The molecule has 1 aliphatic rings. The molecule has 1 heterocycles. The summed E-state index contributed by atoms with van der Waals surface area (Å²) in [4.78, 5) is 8.90. The molecule has 3 nitrogen and oxygen atoms in total. The Labute approximate surface area is 71.7 Å². The van der Waals surface area contributed by atoms with Crippen LogP contribution < -0.4 is 5.32 Å². The van der Waals surface area contributed by atoms with Gasteiger partial charge in [0.05, 0.1) is 0 Å². The molecule has 1 aliphatic heterocycles. The van der Waals surface area contributed by atoms with Gasteiger partial charge in [-0.15, -0.1) is 0 Å². The summed E-state index contributed by atoms with van der Waals surface area (Å²) in [5.74, 6) is -2.76. The van der Waals surface area contributed by atoms with Crippen molar-refractivity contribution in [3.05, 3.63) is 0 Å². The molecule has 0 bridgehead atoms. The average molecular weight is 203 g/mol. The first-order valence-corrected chi connectivity index (χ1v) is 3.42. The summed E-state index contributed by atoms with van der Waals surface area (Å²) < 4.78 is 43.6. The third kappa shape index (κ3) is 4.66. The minimum absolute atomic E-state index is 0.116. The van der Waals surface area contributed by atoms with Crippen LogP contribution in [0, 0.1) is 0 Å². The number of carbonyl (C=O) groups is 1. The zero-order valence-electron chi connectivity index (χ0n) is 6.73. The number of carboxylic acids is 1. The van der Waals surface area contributed by atoms with Crippen molar-refractivity contribution in [2.75, 3.05) is 6.54 Å². The predicted octanol–water partition coefficient (Wildman–Crippen LogP) is 0.950. The fourth-order valence-electron chi connectivity index (χ4n) is 0.443. The van der Waals surface area contributed by atoms with E-state index in [2.05, 4.69) is 5.32 Å². The Kier molecular flexibility index (Phi) is 4.12. The van der Waals surface area contributed by atoms with E-state index in [4.69, 9.17) is 9.90 Å². The molecule has 7 heteroatoms. The van der Waals surface area contributed by atoms with Gasteiger partial charge >= 0.3 is 12.1 Å². The second kappa shape index (κ2) is 4.40. The molecular weight excluding hydrogens is 194 g/mol. The molecule has 13 heavy (non-hydrogen) atoms. The van der Waals surface area contributed by atoms with E-state index in [1.165, 1.54) is 0 Å². The van der Waals surface area contributed by atoms with Crippen LogP contribution in [0.5, 0.6) is 0 Å². The van der Waals surface area contributed by atoms with Crippen LogP contribution in [0.2, 0.25) is 0 Å². The maximum atomic E-state index is 11.8. The predicted molar refractivity (Wildman–Crippen MR) is 36.1 cm³/mol. The average Bonchev–Trinajstić information content (AvgIpc) is 2.00. The summed E-state index contributed by atoms with van der Waals surface area (Å²) in [7, 11) is 0. The molecule has 0 aromatic carbocycles. The van der Waals surface area contributed by atoms with Crippen LogP contribution in [-0.4, -0.2) is 36.0 Å². The molecule has 0 aromatic rings. The van der Waals surface area contributed by atoms with Gasteiger partial charge in [0.15, 0.2) is 0 Å². The summed E-state index contributed by atoms with van der Waals surface area (Å²) in [5, 5.41) is 10.0. The summed E-state index contributed by atoms with van der Waals surface area (Å²) in [6, 6.07) is 0.116. The van der Waals surface area contributed by atoms with E-state index in [0.29, 0.717) is 6.54 Å². The van der Waals surface area contributed by atoms with Gasteiger partial charge in [-0.1, -0.05) is 0 Å². The molecule has 0 unspecified atom stereocenters. The quantitative estimate of drug-likeness (QED) is 0.576. The van der Waals surface area contributed by atoms with Gasteiger partial charge in [0.1, 0.15) is 6.17 Å². The summed E-state index contributed by atoms with van der Waals surface area (Å²) in [5.41, 5.74) is 0. The molecule has 0 amide bonds. The first kappa shape index (κ1) is 12.2. The largest absolute Gasteiger partial charge is 0.490 e. The molecule has 78 valence electrons. The molecule has 2 N–H and O–H groups in total. The highest BCUT2D eigenvalue weighted by atomic mass is 19.4. The number of hydrogen-bond acceptors (Lipinski definition) is 2. The second-order valence-corrected chi connectivity index (χ2v) is 2.52. The van der Waals surface area contributed by atoms with Gasteiger partial charge < -0.3 is 10.4 Å². The van der Waals surface area contributed by atoms with Gasteiger partial charge in [-0.2, -0.15) is 13.2 Å². The lowest BCUT2D eigenvalue weighted by Crippen LogP contribution is -2.52. The van der Waals surface area contributed by atoms with Crippen molar-refractivity contribution in [1.29, 1.82) is 0 Å². The molecule has 1 saturated heterocycles. The number of hydrogen-bond donors (Lipinski definition) is 2. The lowest BCUT2D eigenvalue weighted by Gasteiger charge is -2.28. The Morgan fingerprint density at radius 3 is 1.85 bits per heavy atom. The molecule has 1 rings (SSSR count). The maximum absolute atomic E-state index is 11.8. The number of rotatable bonds is 0. The number of halogens is 4. The number of alkyl halides is 4. The molecular formula is C6H9F4NO2. The first-order chi connectivity index (χ1) is 5.75. The third-order valence-corrected chi connectivity index (χ3v) is 1.42. The minimum atomic E-state index is -5.08. The van der Waals surface area contributed by atoms with Gasteiger partial charge in [-0.05, 0) is 6.92 Å². The Morgan fingerprint density at radius 2 is 1.85 bits per heavy atom. The summed E-state index contributed by atoms with van der Waals surface area (Å²) in [6.07, 6.45) is -5.66. The van der Waals surface area contributed by atoms with Crippen molar-refractivity contribution in [2.45, 2.75) is 25.3 Å². The van der Waals surface area contributed by atoms with Crippen LogP contribution >= 0.6 is 0 Å². The zero-order chi connectivity index (χ0) is 10.6.